The predicted molar refractivity (Wildman–Crippen MR) is 107 cm³/mol. The van der Waals surface area contributed by atoms with Crippen LogP contribution in [0.4, 0.5) is 0 Å². The topological polar surface area (TPSA) is 33.2 Å². The zero-order chi connectivity index (χ0) is 17.8. The maximum Gasteiger partial charge on any atom is 0.228 e. The van der Waals surface area contributed by atoms with Gasteiger partial charge in [-0.1, -0.05) is 57.9 Å². The van der Waals surface area contributed by atoms with E-state index >= 15 is 0 Å². The molecule has 0 aliphatic heterocycles. The summed E-state index contributed by atoms with van der Waals surface area (Å²) in [7, 11) is 1.78. The number of likely N-dealkylation sites (N-methyl/N-ethyl adjacent to an activating group) is 1. The van der Waals surface area contributed by atoms with E-state index in [2.05, 4.69) is 20.9 Å². The van der Waals surface area contributed by atoms with Crippen LogP contribution in [0.25, 0.3) is 10.6 Å². The Hall–Kier alpha value is -1.69. The monoisotopic (exact) mass is 434 g/mol. The van der Waals surface area contributed by atoms with Gasteiger partial charge in [-0.05, 0) is 23.8 Å². The number of hydrogen-bond donors (Lipinski definition) is 0. The van der Waals surface area contributed by atoms with Crippen LogP contribution in [0.1, 0.15) is 11.3 Å². The van der Waals surface area contributed by atoms with Crippen molar-refractivity contribution in [2.24, 2.45) is 0 Å². The zero-order valence-electron chi connectivity index (χ0n) is 13.6. The summed E-state index contributed by atoms with van der Waals surface area (Å²) >= 11 is 11.2. The highest BCUT2D eigenvalue weighted by Gasteiger charge is 2.14. The van der Waals surface area contributed by atoms with E-state index in [0.717, 1.165) is 26.3 Å². The molecule has 0 fully saturated rings. The standard InChI is InChI=1S/C19H16BrClN2OS/c1-23(11-14-5-2-3-8-17(14)21)18(24)10-16-12-25-19(22-16)13-6-4-7-15(20)9-13/h2-9,12H,10-11H2,1H3. The van der Waals surface area contributed by atoms with Gasteiger partial charge in [-0.25, -0.2) is 4.98 Å². The molecular weight excluding hydrogens is 420 g/mol. The van der Waals surface area contributed by atoms with E-state index in [1.807, 2.05) is 53.9 Å². The average Bonchev–Trinajstić information content (AvgIpc) is 3.05. The molecule has 0 saturated carbocycles. The zero-order valence-corrected chi connectivity index (χ0v) is 16.7. The number of nitrogens with zero attached hydrogens (tertiary/aromatic N) is 2. The fraction of sp³-hybridized carbons (Fsp3) is 0.158. The van der Waals surface area contributed by atoms with E-state index in [4.69, 9.17) is 11.6 Å². The van der Waals surface area contributed by atoms with Gasteiger partial charge >= 0.3 is 0 Å². The Morgan fingerprint density at radius 2 is 2.04 bits per heavy atom. The van der Waals surface area contributed by atoms with Gasteiger partial charge in [0.25, 0.3) is 0 Å². The molecule has 1 heterocycles. The molecule has 2 aromatic carbocycles. The molecule has 0 bridgehead atoms. The first kappa shape index (κ1) is 18.1. The number of aromatic nitrogens is 1. The van der Waals surface area contributed by atoms with Gasteiger partial charge in [0.05, 0.1) is 12.1 Å². The van der Waals surface area contributed by atoms with Crippen LogP contribution in [-0.2, 0) is 17.8 Å². The quantitative estimate of drug-likeness (QED) is 0.535. The molecule has 1 amide bonds. The number of thiazole rings is 1. The molecule has 0 saturated heterocycles. The summed E-state index contributed by atoms with van der Waals surface area (Å²) in [6, 6.07) is 15.6. The second kappa shape index (κ2) is 8.13. The molecule has 0 N–H and O–H groups in total. The van der Waals surface area contributed by atoms with Gasteiger partial charge in [0, 0.05) is 34.0 Å². The molecule has 0 aliphatic carbocycles. The molecule has 1 aromatic heterocycles. The van der Waals surface area contributed by atoms with Crippen LogP contribution < -0.4 is 0 Å². The van der Waals surface area contributed by atoms with Crippen LogP contribution in [0.15, 0.2) is 58.4 Å². The van der Waals surface area contributed by atoms with Gasteiger partial charge in [-0.2, -0.15) is 0 Å². The van der Waals surface area contributed by atoms with E-state index in [1.165, 1.54) is 0 Å². The minimum atomic E-state index is 0.0195. The number of hydrogen-bond acceptors (Lipinski definition) is 3. The third-order valence-corrected chi connectivity index (χ3v) is 5.55. The van der Waals surface area contributed by atoms with Crippen molar-refractivity contribution in [2.75, 3.05) is 7.05 Å². The van der Waals surface area contributed by atoms with E-state index in [-0.39, 0.29) is 12.3 Å². The first-order valence-corrected chi connectivity index (χ1v) is 9.75. The Morgan fingerprint density at radius 3 is 2.80 bits per heavy atom. The van der Waals surface area contributed by atoms with Crippen LogP contribution in [0, 0.1) is 0 Å². The molecule has 128 valence electrons. The highest BCUT2D eigenvalue weighted by Crippen LogP contribution is 2.26. The van der Waals surface area contributed by atoms with Gasteiger partial charge in [-0.15, -0.1) is 11.3 Å². The van der Waals surface area contributed by atoms with E-state index in [0.29, 0.717) is 11.6 Å². The van der Waals surface area contributed by atoms with Crippen LogP contribution >= 0.6 is 38.9 Å². The van der Waals surface area contributed by atoms with Crippen LogP contribution in [0.2, 0.25) is 5.02 Å². The van der Waals surface area contributed by atoms with Crippen molar-refractivity contribution in [1.82, 2.24) is 9.88 Å². The Balaban J connectivity index is 1.66. The molecular formula is C19H16BrClN2OS. The third kappa shape index (κ3) is 4.69. The molecule has 3 nitrogen and oxygen atoms in total. The number of carbonyl (C=O) groups is 1. The van der Waals surface area contributed by atoms with Crippen molar-refractivity contribution in [2.45, 2.75) is 13.0 Å². The third-order valence-electron chi connectivity index (χ3n) is 3.75. The first-order chi connectivity index (χ1) is 12.0. The molecule has 0 atom stereocenters. The predicted octanol–water partition coefficient (Wildman–Crippen LogP) is 5.43. The van der Waals surface area contributed by atoms with Crippen molar-refractivity contribution in [1.29, 1.82) is 0 Å². The van der Waals surface area contributed by atoms with Crippen molar-refractivity contribution in [3.05, 3.63) is 74.7 Å². The normalized spacial score (nSPS) is 10.7. The largest absolute Gasteiger partial charge is 0.341 e. The summed E-state index contributed by atoms with van der Waals surface area (Å²) in [5.74, 6) is 0.0195. The van der Waals surface area contributed by atoms with Crippen LogP contribution in [0.5, 0.6) is 0 Å². The minimum Gasteiger partial charge on any atom is -0.341 e. The van der Waals surface area contributed by atoms with Crippen molar-refractivity contribution in [3.8, 4) is 10.6 Å². The highest BCUT2D eigenvalue weighted by atomic mass is 79.9. The van der Waals surface area contributed by atoms with Gasteiger partial charge in [0.2, 0.25) is 5.91 Å². The lowest BCUT2D eigenvalue weighted by Gasteiger charge is -2.17. The van der Waals surface area contributed by atoms with Gasteiger partial charge in [-0.3, -0.25) is 4.79 Å². The molecule has 0 aliphatic rings. The first-order valence-electron chi connectivity index (χ1n) is 7.70. The Kier molecular flexibility index (Phi) is 5.89. The van der Waals surface area contributed by atoms with Crippen molar-refractivity contribution in [3.63, 3.8) is 0 Å². The van der Waals surface area contributed by atoms with Gasteiger partial charge in [0.1, 0.15) is 5.01 Å². The molecule has 0 radical (unpaired) electrons. The number of amides is 1. The summed E-state index contributed by atoms with van der Waals surface area (Å²) in [5.41, 5.74) is 2.77. The highest BCUT2D eigenvalue weighted by molar-refractivity contribution is 9.10. The maximum absolute atomic E-state index is 12.5. The van der Waals surface area contributed by atoms with Crippen LogP contribution in [-0.4, -0.2) is 22.8 Å². The molecule has 25 heavy (non-hydrogen) atoms. The lowest BCUT2D eigenvalue weighted by atomic mass is 10.2. The van der Waals surface area contributed by atoms with E-state index < -0.39 is 0 Å². The maximum atomic E-state index is 12.5. The minimum absolute atomic E-state index is 0.0195. The molecule has 3 aromatic rings. The Bertz CT molecular complexity index is 896. The fourth-order valence-electron chi connectivity index (χ4n) is 2.40. The number of carbonyl (C=O) groups excluding carboxylic acids is 1. The van der Waals surface area contributed by atoms with Crippen molar-refractivity contribution < 1.29 is 4.79 Å². The number of halogens is 2. The van der Waals surface area contributed by atoms with Crippen LogP contribution in [0.3, 0.4) is 0 Å². The average molecular weight is 436 g/mol. The Labute approximate surface area is 164 Å². The lowest BCUT2D eigenvalue weighted by Crippen LogP contribution is -2.27. The summed E-state index contributed by atoms with van der Waals surface area (Å²) < 4.78 is 1.01. The molecule has 3 rings (SSSR count). The van der Waals surface area contributed by atoms with Gasteiger partial charge < -0.3 is 4.90 Å². The lowest BCUT2D eigenvalue weighted by molar-refractivity contribution is -0.129. The smallest absolute Gasteiger partial charge is 0.228 e. The summed E-state index contributed by atoms with van der Waals surface area (Å²) in [6.45, 7) is 0.487. The van der Waals surface area contributed by atoms with E-state index in [9.17, 15) is 4.79 Å². The molecule has 6 heteroatoms. The Morgan fingerprint density at radius 1 is 1.24 bits per heavy atom. The second-order valence-electron chi connectivity index (χ2n) is 5.67. The van der Waals surface area contributed by atoms with E-state index in [1.54, 1.807) is 23.3 Å². The fourth-order valence-corrected chi connectivity index (χ4v) is 3.81. The molecule has 0 unspecified atom stereocenters. The summed E-state index contributed by atoms with van der Waals surface area (Å²) in [6.07, 6.45) is 0.283. The summed E-state index contributed by atoms with van der Waals surface area (Å²) in [4.78, 5) is 18.7. The summed E-state index contributed by atoms with van der Waals surface area (Å²) in [5, 5.41) is 3.53. The second-order valence-corrected chi connectivity index (χ2v) is 7.85. The van der Waals surface area contributed by atoms with Crippen molar-refractivity contribution >= 4 is 44.8 Å². The molecule has 0 spiro atoms. The SMILES string of the molecule is CN(Cc1ccccc1Cl)C(=O)Cc1csc(-c2cccc(Br)c2)n1. The number of rotatable bonds is 5. The van der Waals surface area contributed by atoms with Gasteiger partial charge in [0.15, 0.2) is 0 Å². The number of benzene rings is 2.